The van der Waals surface area contributed by atoms with Crippen molar-refractivity contribution in [1.29, 1.82) is 0 Å². The van der Waals surface area contributed by atoms with Crippen LogP contribution in [0.3, 0.4) is 0 Å². The Labute approximate surface area is 166 Å². The summed E-state index contributed by atoms with van der Waals surface area (Å²) in [5, 5.41) is 2.98. The van der Waals surface area contributed by atoms with Crippen molar-refractivity contribution >= 4 is 5.91 Å². The first kappa shape index (κ1) is 18.4. The van der Waals surface area contributed by atoms with E-state index in [0.717, 1.165) is 23.4 Å². The van der Waals surface area contributed by atoms with Gasteiger partial charge >= 0.3 is 0 Å². The maximum absolute atomic E-state index is 12.5. The van der Waals surface area contributed by atoms with Gasteiger partial charge in [0.15, 0.2) is 0 Å². The Kier molecular flexibility index (Phi) is 5.20. The minimum Gasteiger partial charge on any atom is -0.497 e. The summed E-state index contributed by atoms with van der Waals surface area (Å²) in [4.78, 5) is 12.5. The summed E-state index contributed by atoms with van der Waals surface area (Å²) in [7, 11) is 1.64. The van der Waals surface area contributed by atoms with Gasteiger partial charge in [-0.25, -0.2) is 0 Å². The summed E-state index contributed by atoms with van der Waals surface area (Å²) in [6.45, 7) is 2.63. The molecule has 4 heteroatoms. The fraction of sp³-hybridized carbons (Fsp3) is 0.292. The summed E-state index contributed by atoms with van der Waals surface area (Å²) in [6, 6.07) is 17.9. The van der Waals surface area contributed by atoms with Crippen LogP contribution in [0.4, 0.5) is 0 Å². The van der Waals surface area contributed by atoms with Gasteiger partial charge in [0.2, 0.25) is 0 Å². The van der Waals surface area contributed by atoms with Crippen LogP contribution in [0.25, 0.3) is 5.69 Å². The van der Waals surface area contributed by atoms with E-state index in [1.54, 1.807) is 7.11 Å². The van der Waals surface area contributed by atoms with Crippen molar-refractivity contribution in [1.82, 2.24) is 9.88 Å². The van der Waals surface area contributed by atoms with Gasteiger partial charge in [-0.3, -0.25) is 4.79 Å². The lowest BCUT2D eigenvalue weighted by Gasteiger charge is -2.17. The molecule has 4 nitrogen and oxygen atoms in total. The largest absolute Gasteiger partial charge is 0.497 e. The molecule has 144 valence electrons. The van der Waals surface area contributed by atoms with Gasteiger partial charge in [-0.2, -0.15) is 0 Å². The molecule has 0 saturated heterocycles. The third-order valence-electron chi connectivity index (χ3n) is 5.46. The number of nitrogens with zero attached hydrogens (tertiary/aromatic N) is 1. The molecule has 1 aromatic heterocycles. The molecule has 0 unspecified atom stereocenters. The molecule has 1 aliphatic carbocycles. The molecule has 3 aromatic rings. The third-order valence-corrected chi connectivity index (χ3v) is 5.46. The lowest BCUT2D eigenvalue weighted by Crippen LogP contribution is -2.22. The van der Waals surface area contributed by atoms with Gasteiger partial charge in [-0.1, -0.05) is 12.1 Å². The lowest BCUT2D eigenvalue weighted by atomic mass is 9.98. The van der Waals surface area contributed by atoms with Crippen molar-refractivity contribution in [3.05, 3.63) is 82.7 Å². The quantitative estimate of drug-likeness (QED) is 0.709. The van der Waals surface area contributed by atoms with Crippen molar-refractivity contribution in [2.45, 2.75) is 39.2 Å². The number of aromatic nitrogens is 1. The smallest absolute Gasteiger partial charge is 0.251 e. The predicted molar refractivity (Wildman–Crippen MR) is 111 cm³/mol. The van der Waals surface area contributed by atoms with Crippen LogP contribution in [0.2, 0.25) is 0 Å². The van der Waals surface area contributed by atoms with Crippen molar-refractivity contribution in [3.63, 3.8) is 0 Å². The van der Waals surface area contributed by atoms with E-state index in [0.29, 0.717) is 12.1 Å². The number of hydrogen-bond acceptors (Lipinski definition) is 2. The molecule has 0 aliphatic heterocycles. The second-order valence-electron chi connectivity index (χ2n) is 7.38. The van der Waals surface area contributed by atoms with E-state index in [4.69, 9.17) is 4.74 Å². The Morgan fingerprint density at radius 3 is 2.64 bits per heavy atom. The first-order chi connectivity index (χ1) is 13.7. The van der Waals surface area contributed by atoms with E-state index < -0.39 is 0 Å². The number of fused-ring (bicyclic) bond motifs is 1. The molecule has 2 aromatic carbocycles. The number of benzene rings is 2. The molecule has 1 amide bonds. The molecule has 1 heterocycles. The van der Waals surface area contributed by atoms with Crippen LogP contribution in [0, 0.1) is 6.92 Å². The third kappa shape index (κ3) is 3.68. The lowest BCUT2D eigenvalue weighted by molar-refractivity contribution is 0.0951. The summed E-state index contributed by atoms with van der Waals surface area (Å²) < 4.78 is 7.57. The van der Waals surface area contributed by atoms with Gasteiger partial charge in [-0.15, -0.1) is 0 Å². The molecule has 0 radical (unpaired) electrons. The van der Waals surface area contributed by atoms with Gasteiger partial charge in [0.1, 0.15) is 5.75 Å². The maximum Gasteiger partial charge on any atom is 0.251 e. The van der Waals surface area contributed by atoms with Crippen LogP contribution >= 0.6 is 0 Å². The number of nitrogens with one attached hydrogen (secondary N) is 1. The second kappa shape index (κ2) is 7.93. The van der Waals surface area contributed by atoms with Crippen LogP contribution in [-0.2, 0) is 19.4 Å². The van der Waals surface area contributed by atoms with Crippen molar-refractivity contribution in [2.75, 3.05) is 7.11 Å². The predicted octanol–water partition coefficient (Wildman–Crippen LogP) is 4.60. The Morgan fingerprint density at radius 2 is 1.86 bits per heavy atom. The molecular weight excluding hydrogens is 348 g/mol. The number of amides is 1. The number of aryl methyl sites for hydroxylation is 2. The van der Waals surface area contributed by atoms with Crippen LogP contribution in [-0.4, -0.2) is 17.6 Å². The molecule has 0 spiro atoms. The zero-order chi connectivity index (χ0) is 19.5. The first-order valence-corrected chi connectivity index (χ1v) is 9.87. The molecule has 0 fully saturated rings. The normalized spacial score (nSPS) is 13.1. The number of hydrogen-bond donors (Lipinski definition) is 1. The Balaban J connectivity index is 1.47. The highest BCUT2D eigenvalue weighted by molar-refractivity contribution is 5.94. The average molecular weight is 374 g/mol. The Hall–Kier alpha value is -3.01. The fourth-order valence-electron chi connectivity index (χ4n) is 4.04. The summed E-state index contributed by atoms with van der Waals surface area (Å²) in [6.07, 6.45) is 4.84. The van der Waals surface area contributed by atoms with E-state index in [-0.39, 0.29) is 5.91 Å². The van der Waals surface area contributed by atoms with Crippen LogP contribution in [0.15, 0.2) is 54.6 Å². The number of methoxy groups -OCH3 is 1. The Morgan fingerprint density at radius 1 is 1.07 bits per heavy atom. The zero-order valence-corrected chi connectivity index (χ0v) is 16.5. The van der Waals surface area contributed by atoms with Gasteiger partial charge in [0, 0.05) is 29.2 Å². The highest BCUT2D eigenvalue weighted by Gasteiger charge is 2.17. The first-order valence-electron chi connectivity index (χ1n) is 9.87. The molecule has 4 rings (SSSR count). The topological polar surface area (TPSA) is 43.3 Å². The number of rotatable bonds is 5. The monoisotopic (exact) mass is 374 g/mol. The number of carbonyl (C=O) groups is 1. The SMILES string of the molecule is COc1cccc(CNC(=O)c2ccc(-n3c(C)cc4c3CCCC4)cc2)c1. The minimum atomic E-state index is -0.0689. The summed E-state index contributed by atoms with van der Waals surface area (Å²) >= 11 is 0. The van der Waals surface area contributed by atoms with Gasteiger partial charge in [0.05, 0.1) is 7.11 Å². The second-order valence-corrected chi connectivity index (χ2v) is 7.38. The van der Waals surface area contributed by atoms with Crippen LogP contribution in [0.5, 0.6) is 5.75 Å². The van der Waals surface area contributed by atoms with Crippen molar-refractivity contribution in [2.24, 2.45) is 0 Å². The molecule has 1 N–H and O–H groups in total. The minimum absolute atomic E-state index is 0.0689. The van der Waals surface area contributed by atoms with Crippen LogP contribution < -0.4 is 10.1 Å². The standard InChI is InChI=1S/C24H26N2O2/c1-17-14-20-7-3-4-9-23(20)26(17)21-12-10-19(11-13-21)24(27)25-16-18-6-5-8-22(15-18)28-2/h5-6,8,10-15H,3-4,7,9,16H2,1-2H3,(H,25,27). The molecule has 0 bridgehead atoms. The van der Waals surface area contributed by atoms with Gasteiger partial charge < -0.3 is 14.6 Å². The van der Waals surface area contributed by atoms with E-state index >= 15 is 0 Å². The molecule has 0 atom stereocenters. The van der Waals surface area contributed by atoms with E-state index in [1.165, 1.54) is 36.2 Å². The highest BCUT2D eigenvalue weighted by atomic mass is 16.5. The molecule has 28 heavy (non-hydrogen) atoms. The highest BCUT2D eigenvalue weighted by Crippen LogP contribution is 2.28. The molecule has 0 saturated carbocycles. The van der Waals surface area contributed by atoms with Gasteiger partial charge in [0.25, 0.3) is 5.91 Å². The van der Waals surface area contributed by atoms with Crippen molar-refractivity contribution < 1.29 is 9.53 Å². The number of ether oxygens (including phenoxy) is 1. The van der Waals surface area contributed by atoms with Crippen LogP contribution in [0.1, 0.15) is 45.7 Å². The maximum atomic E-state index is 12.5. The zero-order valence-electron chi connectivity index (χ0n) is 16.5. The van der Waals surface area contributed by atoms with Gasteiger partial charge in [-0.05, 0) is 86.2 Å². The molecular formula is C24H26N2O2. The summed E-state index contributed by atoms with van der Waals surface area (Å²) in [5.41, 5.74) is 6.99. The average Bonchev–Trinajstić information content (AvgIpc) is 3.08. The molecule has 1 aliphatic rings. The van der Waals surface area contributed by atoms with Crippen molar-refractivity contribution in [3.8, 4) is 11.4 Å². The van der Waals surface area contributed by atoms with E-state index in [9.17, 15) is 4.79 Å². The van der Waals surface area contributed by atoms with E-state index in [2.05, 4.69) is 22.9 Å². The fourth-order valence-corrected chi connectivity index (χ4v) is 4.04. The number of carbonyl (C=O) groups excluding carboxylic acids is 1. The Bertz CT molecular complexity index is 986. The van der Waals surface area contributed by atoms with E-state index in [1.807, 2.05) is 48.5 Å². The summed E-state index contributed by atoms with van der Waals surface area (Å²) in [5.74, 6) is 0.724.